The lowest BCUT2D eigenvalue weighted by Crippen LogP contribution is -2.47. The number of amides is 2. The van der Waals surface area contributed by atoms with E-state index in [1.807, 2.05) is 51.1 Å². The molecule has 0 atom stereocenters. The minimum Gasteiger partial charge on any atom is -0.465 e. The van der Waals surface area contributed by atoms with E-state index in [4.69, 9.17) is 9.72 Å². The standard InChI is InChI=1S/C33H51N5O4/c1-33(2,3)38(32(40)41)23-26-11-9-25(10-12-26)22-35-31(39)28-21-30(36-29-8-6-5-7-27(28)29)37-18-14-24(15-19-37)13-16-34-17-20-42-4/h5-8,21,24-26,34H,9-20,22-23H2,1-4H3,(H,35,39)(H,40,41). The molecule has 1 saturated carbocycles. The molecule has 1 aliphatic carbocycles. The Labute approximate surface area is 251 Å². The van der Waals surface area contributed by atoms with E-state index in [1.165, 1.54) is 6.42 Å². The van der Waals surface area contributed by atoms with Gasteiger partial charge in [0.1, 0.15) is 5.82 Å². The number of anilines is 1. The van der Waals surface area contributed by atoms with E-state index in [1.54, 1.807) is 12.0 Å². The van der Waals surface area contributed by atoms with Crippen molar-refractivity contribution in [2.75, 3.05) is 57.9 Å². The minimum atomic E-state index is -0.851. The van der Waals surface area contributed by atoms with Crippen LogP contribution < -0.4 is 15.5 Å². The van der Waals surface area contributed by atoms with Gasteiger partial charge in [0, 0.05) is 50.8 Å². The van der Waals surface area contributed by atoms with Crippen molar-refractivity contribution in [3.63, 3.8) is 0 Å². The fourth-order valence-corrected chi connectivity index (χ4v) is 6.41. The largest absolute Gasteiger partial charge is 0.465 e. The molecule has 2 aromatic rings. The molecule has 9 heteroatoms. The molecule has 4 rings (SSSR count). The van der Waals surface area contributed by atoms with Crippen LogP contribution in [0.25, 0.3) is 10.9 Å². The Morgan fingerprint density at radius 3 is 2.38 bits per heavy atom. The Balaban J connectivity index is 1.31. The first-order chi connectivity index (χ1) is 20.2. The van der Waals surface area contributed by atoms with Crippen molar-refractivity contribution < 1.29 is 19.4 Å². The van der Waals surface area contributed by atoms with Crippen LogP contribution in [0.5, 0.6) is 0 Å². The van der Waals surface area contributed by atoms with Gasteiger partial charge in [0.15, 0.2) is 0 Å². The Kier molecular flexibility index (Phi) is 11.4. The number of carbonyl (C=O) groups excluding carboxylic acids is 1. The highest BCUT2D eigenvalue weighted by molar-refractivity contribution is 6.07. The number of pyridine rings is 1. The molecule has 3 N–H and O–H groups in total. The van der Waals surface area contributed by atoms with Crippen molar-refractivity contribution in [2.45, 2.75) is 71.3 Å². The normalized spacial score (nSPS) is 20.0. The second kappa shape index (κ2) is 15.0. The third-order valence-corrected chi connectivity index (χ3v) is 9.10. The van der Waals surface area contributed by atoms with Gasteiger partial charge in [-0.3, -0.25) is 4.79 Å². The summed E-state index contributed by atoms with van der Waals surface area (Å²) < 4.78 is 5.11. The summed E-state index contributed by atoms with van der Waals surface area (Å²) in [5, 5.41) is 17.2. The van der Waals surface area contributed by atoms with E-state index >= 15 is 0 Å². The first-order valence-electron chi connectivity index (χ1n) is 15.8. The molecular formula is C33H51N5O4. The first-order valence-corrected chi connectivity index (χ1v) is 15.8. The lowest BCUT2D eigenvalue weighted by atomic mass is 9.81. The molecule has 1 aromatic carbocycles. The fourth-order valence-electron chi connectivity index (χ4n) is 6.41. The number of fused-ring (bicyclic) bond motifs is 1. The van der Waals surface area contributed by atoms with E-state index in [9.17, 15) is 14.7 Å². The predicted molar refractivity (Wildman–Crippen MR) is 168 cm³/mol. The second-order valence-corrected chi connectivity index (χ2v) is 13.2. The maximum Gasteiger partial charge on any atom is 0.407 e. The molecule has 1 aromatic heterocycles. The number of methoxy groups -OCH3 is 1. The highest BCUT2D eigenvalue weighted by atomic mass is 16.5. The number of aromatic nitrogens is 1. The molecular weight excluding hydrogens is 530 g/mol. The van der Waals surface area contributed by atoms with Crippen LogP contribution in [0.2, 0.25) is 0 Å². The van der Waals surface area contributed by atoms with Crippen LogP contribution in [0, 0.1) is 17.8 Å². The number of rotatable bonds is 12. The highest BCUT2D eigenvalue weighted by Gasteiger charge is 2.31. The summed E-state index contributed by atoms with van der Waals surface area (Å²) in [6.45, 7) is 11.6. The van der Waals surface area contributed by atoms with Gasteiger partial charge >= 0.3 is 6.09 Å². The highest BCUT2D eigenvalue weighted by Crippen LogP contribution is 2.31. The fraction of sp³-hybridized carbons (Fsp3) is 0.667. The molecule has 9 nitrogen and oxygen atoms in total. The van der Waals surface area contributed by atoms with Gasteiger partial charge in [0.05, 0.1) is 17.7 Å². The summed E-state index contributed by atoms with van der Waals surface area (Å²) in [6.07, 6.45) is 6.56. The maximum absolute atomic E-state index is 13.5. The van der Waals surface area contributed by atoms with E-state index in [0.717, 1.165) is 88.0 Å². The molecule has 232 valence electrons. The van der Waals surface area contributed by atoms with Crippen molar-refractivity contribution >= 4 is 28.7 Å². The number of carbonyl (C=O) groups is 2. The lowest BCUT2D eigenvalue weighted by molar-refractivity contribution is 0.0786. The smallest absolute Gasteiger partial charge is 0.407 e. The van der Waals surface area contributed by atoms with Gasteiger partial charge in [-0.05, 0) is 102 Å². The Bertz CT molecular complexity index is 1170. The van der Waals surface area contributed by atoms with Gasteiger partial charge in [0.2, 0.25) is 0 Å². The van der Waals surface area contributed by atoms with Crippen LogP contribution in [0.3, 0.4) is 0 Å². The van der Waals surface area contributed by atoms with Crippen LogP contribution in [-0.4, -0.2) is 85.5 Å². The molecule has 2 heterocycles. The van der Waals surface area contributed by atoms with Gasteiger partial charge in [-0.1, -0.05) is 18.2 Å². The minimum absolute atomic E-state index is 0.0428. The SMILES string of the molecule is COCCNCCC1CCN(c2cc(C(=O)NCC3CCC(CN(C(=O)O)C(C)(C)C)CC3)c3ccccc3n2)CC1. The molecule has 42 heavy (non-hydrogen) atoms. The summed E-state index contributed by atoms with van der Waals surface area (Å²) in [5.74, 6) is 2.33. The number of nitrogens with zero attached hydrogens (tertiary/aromatic N) is 3. The van der Waals surface area contributed by atoms with Gasteiger partial charge in [-0.2, -0.15) is 0 Å². The molecule has 0 unspecified atom stereocenters. The number of para-hydroxylation sites is 1. The Hall–Kier alpha value is -2.91. The second-order valence-electron chi connectivity index (χ2n) is 13.2. The average Bonchev–Trinajstić information content (AvgIpc) is 2.98. The van der Waals surface area contributed by atoms with E-state index in [0.29, 0.717) is 36.4 Å². The van der Waals surface area contributed by atoms with Crippen molar-refractivity contribution in [3.8, 4) is 0 Å². The predicted octanol–water partition coefficient (Wildman–Crippen LogP) is 5.39. The van der Waals surface area contributed by atoms with Gasteiger partial charge in [-0.25, -0.2) is 9.78 Å². The molecule has 1 saturated heterocycles. The number of carboxylic acid groups (broad SMARTS) is 1. The zero-order valence-electron chi connectivity index (χ0n) is 26.0. The van der Waals surface area contributed by atoms with E-state index in [-0.39, 0.29) is 5.91 Å². The molecule has 2 aliphatic rings. The zero-order valence-corrected chi connectivity index (χ0v) is 26.0. The Morgan fingerprint density at radius 2 is 1.71 bits per heavy atom. The molecule has 0 spiro atoms. The number of nitrogens with one attached hydrogen (secondary N) is 2. The number of hydrogen-bond donors (Lipinski definition) is 3. The van der Waals surface area contributed by atoms with Gasteiger partial charge in [-0.15, -0.1) is 0 Å². The number of hydrogen-bond acceptors (Lipinski definition) is 6. The first kappa shape index (κ1) is 32.0. The lowest BCUT2D eigenvalue weighted by Gasteiger charge is -2.38. The van der Waals surface area contributed by atoms with E-state index in [2.05, 4.69) is 15.5 Å². The van der Waals surface area contributed by atoms with Crippen LogP contribution in [0.15, 0.2) is 30.3 Å². The summed E-state index contributed by atoms with van der Waals surface area (Å²) in [5.41, 5.74) is 1.14. The summed E-state index contributed by atoms with van der Waals surface area (Å²) in [4.78, 5) is 34.1. The van der Waals surface area contributed by atoms with Crippen LogP contribution >= 0.6 is 0 Å². The summed E-state index contributed by atoms with van der Waals surface area (Å²) in [7, 11) is 1.73. The zero-order chi connectivity index (χ0) is 30.1. The quantitative estimate of drug-likeness (QED) is 0.289. The van der Waals surface area contributed by atoms with Crippen molar-refractivity contribution in [2.24, 2.45) is 17.8 Å². The van der Waals surface area contributed by atoms with E-state index < -0.39 is 11.6 Å². The van der Waals surface area contributed by atoms with Crippen molar-refractivity contribution in [1.82, 2.24) is 20.5 Å². The third kappa shape index (κ3) is 8.80. The summed E-state index contributed by atoms with van der Waals surface area (Å²) in [6, 6.07) is 9.90. The van der Waals surface area contributed by atoms with Crippen molar-refractivity contribution in [3.05, 3.63) is 35.9 Å². The topological polar surface area (TPSA) is 107 Å². The van der Waals surface area contributed by atoms with Gasteiger partial charge < -0.3 is 30.3 Å². The Morgan fingerprint density at radius 1 is 1.02 bits per heavy atom. The van der Waals surface area contributed by atoms with Gasteiger partial charge in [0.25, 0.3) is 5.91 Å². The molecule has 0 bridgehead atoms. The molecule has 1 aliphatic heterocycles. The monoisotopic (exact) mass is 581 g/mol. The maximum atomic E-state index is 13.5. The number of ether oxygens (including phenoxy) is 1. The van der Waals surface area contributed by atoms with Crippen molar-refractivity contribution in [1.29, 1.82) is 0 Å². The molecule has 0 radical (unpaired) electrons. The van der Waals surface area contributed by atoms with Crippen LogP contribution in [0.1, 0.15) is 76.1 Å². The van der Waals surface area contributed by atoms with Crippen LogP contribution in [-0.2, 0) is 4.74 Å². The number of piperidine rings is 1. The van der Waals surface area contributed by atoms with Crippen LogP contribution in [0.4, 0.5) is 10.6 Å². The third-order valence-electron chi connectivity index (χ3n) is 9.10. The average molecular weight is 582 g/mol. The summed E-state index contributed by atoms with van der Waals surface area (Å²) >= 11 is 0. The number of benzene rings is 1. The molecule has 2 fully saturated rings. The molecule has 2 amide bonds.